The number of tetrazole rings is 1. The number of hydrogen-bond donors (Lipinski definition) is 1. The minimum Gasteiger partial charge on any atom is -0.398 e. The smallest absolute Gasteiger partial charge is 0.182 e. The number of nitrogen functional groups attached to an aromatic ring is 1. The molecule has 3 rings (SSSR count). The van der Waals surface area contributed by atoms with Crippen LogP contribution >= 0.6 is 15.9 Å². The third-order valence-corrected chi connectivity index (χ3v) is 3.64. The summed E-state index contributed by atoms with van der Waals surface area (Å²) in [5.41, 5.74) is 7.52. The highest BCUT2D eigenvalue weighted by Crippen LogP contribution is 2.32. The van der Waals surface area contributed by atoms with Crippen molar-refractivity contribution in [1.29, 1.82) is 0 Å². The first-order valence-corrected chi connectivity index (χ1v) is 6.35. The molecule has 17 heavy (non-hydrogen) atoms. The normalized spacial score (nSPS) is 15.1. The van der Waals surface area contributed by atoms with Crippen LogP contribution in [0, 0.1) is 5.92 Å². The van der Waals surface area contributed by atoms with Crippen molar-refractivity contribution in [3.63, 3.8) is 0 Å². The van der Waals surface area contributed by atoms with Crippen LogP contribution in [0.5, 0.6) is 0 Å². The van der Waals surface area contributed by atoms with Gasteiger partial charge in [-0.2, -0.15) is 0 Å². The first-order valence-electron chi connectivity index (χ1n) is 5.55. The van der Waals surface area contributed by atoms with Crippen LogP contribution in [-0.4, -0.2) is 20.2 Å². The van der Waals surface area contributed by atoms with Crippen molar-refractivity contribution in [3.8, 4) is 11.4 Å². The number of nitrogens with two attached hydrogens (primary N) is 1. The molecule has 1 aromatic heterocycles. The number of aromatic nitrogens is 4. The maximum Gasteiger partial charge on any atom is 0.182 e. The van der Waals surface area contributed by atoms with E-state index in [4.69, 9.17) is 5.73 Å². The Balaban J connectivity index is 1.96. The van der Waals surface area contributed by atoms with Gasteiger partial charge in [-0.15, -0.1) is 5.10 Å². The number of rotatable bonds is 3. The summed E-state index contributed by atoms with van der Waals surface area (Å²) < 4.78 is 2.75. The van der Waals surface area contributed by atoms with E-state index in [-0.39, 0.29) is 0 Å². The lowest BCUT2D eigenvalue weighted by Gasteiger charge is -2.05. The average molecular weight is 294 g/mol. The van der Waals surface area contributed by atoms with Crippen molar-refractivity contribution < 1.29 is 0 Å². The van der Waals surface area contributed by atoms with Crippen LogP contribution in [-0.2, 0) is 6.54 Å². The van der Waals surface area contributed by atoms with E-state index in [0.29, 0.717) is 5.69 Å². The topological polar surface area (TPSA) is 69.6 Å². The molecule has 0 saturated heterocycles. The summed E-state index contributed by atoms with van der Waals surface area (Å²) in [4.78, 5) is 0. The molecule has 0 atom stereocenters. The Hall–Kier alpha value is -1.43. The largest absolute Gasteiger partial charge is 0.398 e. The predicted octanol–water partition coefficient (Wildman–Crippen LogP) is 2.09. The minimum atomic E-state index is 0.698. The Kier molecular flexibility index (Phi) is 2.58. The van der Waals surface area contributed by atoms with Gasteiger partial charge < -0.3 is 5.73 Å². The molecule has 6 heteroatoms. The third-order valence-electron chi connectivity index (χ3n) is 2.91. The lowest BCUT2D eigenvalue weighted by Crippen LogP contribution is -2.04. The van der Waals surface area contributed by atoms with Gasteiger partial charge in [0.05, 0.1) is 0 Å². The van der Waals surface area contributed by atoms with Crippen LogP contribution in [0.2, 0.25) is 0 Å². The number of nitrogens with zero attached hydrogens (tertiary/aromatic N) is 4. The summed E-state index contributed by atoms with van der Waals surface area (Å²) in [6.45, 7) is 0.901. The Bertz CT molecular complexity index is 547. The Morgan fingerprint density at radius 2 is 2.24 bits per heavy atom. The summed E-state index contributed by atoms with van der Waals surface area (Å²) in [7, 11) is 0. The monoisotopic (exact) mass is 293 g/mol. The molecule has 2 aromatic rings. The van der Waals surface area contributed by atoms with E-state index in [1.54, 1.807) is 0 Å². The zero-order chi connectivity index (χ0) is 11.8. The fourth-order valence-corrected chi connectivity index (χ4v) is 2.01. The Morgan fingerprint density at radius 1 is 1.41 bits per heavy atom. The van der Waals surface area contributed by atoms with E-state index >= 15 is 0 Å². The zero-order valence-electron chi connectivity index (χ0n) is 9.17. The van der Waals surface area contributed by atoms with E-state index in [2.05, 4.69) is 31.5 Å². The molecule has 1 aromatic carbocycles. The molecular formula is C11H12BrN5. The molecule has 0 radical (unpaired) electrons. The number of benzene rings is 1. The van der Waals surface area contributed by atoms with Gasteiger partial charge in [-0.05, 0) is 63.3 Å². The van der Waals surface area contributed by atoms with E-state index < -0.39 is 0 Å². The second kappa shape index (κ2) is 4.10. The van der Waals surface area contributed by atoms with Crippen LogP contribution in [0.15, 0.2) is 22.7 Å². The number of halogens is 1. The highest BCUT2D eigenvalue weighted by Gasteiger charge is 2.24. The lowest BCUT2D eigenvalue weighted by atomic mass is 10.2. The van der Waals surface area contributed by atoms with Crippen molar-refractivity contribution in [2.45, 2.75) is 19.4 Å². The third kappa shape index (κ3) is 2.17. The van der Waals surface area contributed by atoms with Crippen molar-refractivity contribution in [2.24, 2.45) is 5.92 Å². The maximum atomic E-state index is 5.87. The molecule has 1 aliphatic carbocycles. The van der Waals surface area contributed by atoms with Crippen molar-refractivity contribution in [3.05, 3.63) is 22.7 Å². The quantitative estimate of drug-likeness (QED) is 0.880. The van der Waals surface area contributed by atoms with Gasteiger partial charge in [0.1, 0.15) is 0 Å². The van der Waals surface area contributed by atoms with Gasteiger partial charge in [-0.1, -0.05) is 0 Å². The summed E-state index contributed by atoms with van der Waals surface area (Å²) >= 11 is 3.38. The van der Waals surface area contributed by atoms with E-state index in [1.807, 2.05) is 22.9 Å². The van der Waals surface area contributed by atoms with E-state index in [1.165, 1.54) is 12.8 Å². The van der Waals surface area contributed by atoms with Gasteiger partial charge in [0.25, 0.3) is 0 Å². The molecule has 0 aliphatic heterocycles. The second-order valence-electron chi connectivity index (χ2n) is 4.36. The molecule has 88 valence electrons. The van der Waals surface area contributed by atoms with Crippen LogP contribution in [0.3, 0.4) is 0 Å². The van der Waals surface area contributed by atoms with Gasteiger partial charge in [0, 0.05) is 22.3 Å². The highest BCUT2D eigenvalue weighted by atomic mass is 79.9. The lowest BCUT2D eigenvalue weighted by molar-refractivity contribution is 0.548. The van der Waals surface area contributed by atoms with E-state index in [9.17, 15) is 0 Å². The molecule has 1 saturated carbocycles. The zero-order valence-corrected chi connectivity index (χ0v) is 10.8. The fraction of sp³-hybridized carbons (Fsp3) is 0.364. The first kappa shape index (κ1) is 10.7. The van der Waals surface area contributed by atoms with Crippen LogP contribution in [0.4, 0.5) is 5.69 Å². The van der Waals surface area contributed by atoms with E-state index in [0.717, 1.165) is 28.3 Å². The summed E-state index contributed by atoms with van der Waals surface area (Å²) in [6, 6.07) is 5.77. The van der Waals surface area contributed by atoms with Crippen molar-refractivity contribution in [2.75, 3.05) is 5.73 Å². The van der Waals surface area contributed by atoms with Crippen molar-refractivity contribution >= 4 is 21.6 Å². The summed E-state index contributed by atoms with van der Waals surface area (Å²) in [6.07, 6.45) is 2.56. The standard InChI is InChI=1S/C11H12BrN5/c12-9-4-3-8(5-10(9)13)11-14-15-16-17(11)6-7-1-2-7/h3-5,7H,1-2,6,13H2. The molecular weight excluding hydrogens is 282 g/mol. The number of hydrogen-bond acceptors (Lipinski definition) is 4. The van der Waals surface area contributed by atoms with Crippen LogP contribution in [0.1, 0.15) is 12.8 Å². The van der Waals surface area contributed by atoms with Gasteiger partial charge >= 0.3 is 0 Å². The number of anilines is 1. The Labute approximate surface area is 107 Å². The molecule has 2 N–H and O–H groups in total. The SMILES string of the molecule is Nc1cc(-c2nnnn2CC2CC2)ccc1Br. The Morgan fingerprint density at radius 3 is 2.94 bits per heavy atom. The summed E-state index contributed by atoms with van der Waals surface area (Å²) in [5, 5.41) is 11.8. The molecule has 0 bridgehead atoms. The highest BCUT2D eigenvalue weighted by molar-refractivity contribution is 9.10. The van der Waals surface area contributed by atoms with Crippen LogP contribution < -0.4 is 5.73 Å². The summed E-state index contributed by atoms with van der Waals surface area (Å²) in [5.74, 6) is 1.53. The molecule has 5 nitrogen and oxygen atoms in total. The molecule has 1 fully saturated rings. The maximum absolute atomic E-state index is 5.87. The van der Waals surface area contributed by atoms with Gasteiger partial charge in [-0.3, -0.25) is 0 Å². The molecule has 0 unspecified atom stereocenters. The van der Waals surface area contributed by atoms with Gasteiger partial charge in [0.15, 0.2) is 5.82 Å². The molecule has 0 spiro atoms. The van der Waals surface area contributed by atoms with Crippen LogP contribution in [0.25, 0.3) is 11.4 Å². The second-order valence-corrected chi connectivity index (χ2v) is 5.22. The minimum absolute atomic E-state index is 0.698. The van der Waals surface area contributed by atoms with Gasteiger partial charge in [0.2, 0.25) is 0 Å². The van der Waals surface area contributed by atoms with Gasteiger partial charge in [-0.25, -0.2) is 4.68 Å². The molecule has 1 aliphatic rings. The molecule has 0 amide bonds. The predicted molar refractivity (Wildman–Crippen MR) is 68.1 cm³/mol. The molecule has 1 heterocycles. The van der Waals surface area contributed by atoms with Crippen molar-refractivity contribution in [1.82, 2.24) is 20.2 Å². The average Bonchev–Trinajstić information content (AvgIpc) is 3.00. The first-order chi connectivity index (χ1) is 8.24. The fourth-order valence-electron chi connectivity index (χ4n) is 1.76.